The van der Waals surface area contributed by atoms with Crippen molar-refractivity contribution in [3.05, 3.63) is 82.9 Å². The molecular weight excluding hydrogens is 350 g/mol. The van der Waals surface area contributed by atoms with Crippen molar-refractivity contribution in [1.29, 1.82) is 0 Å². The third-order valence-electron chi connectivity index (χ3n) is 4.53. The van der Waals surface area contributed by atoms with Crippen LogP contribution in [0.3, 0.4) is 0 Å². The van der Waals surface area contributed by atoms with E-state index in [4.69, 9.17) is 16.3 Å². The maximum absolute atomic E-state index is 12.9. The van der Waals surface area contributed by atoms with Gasteiger partial charge in [0.15, 0.2) is 6.10 Å². The number of fused-ring (bicyclic) bond motifs is 1. The van der Waals surface area contributed by atoms with Gasteiger partial charge in [-0.3, -0.25) is 4.79 Å². The summed E-state index contributed by atoms with van der Waals surface area (Å²) < 4.78 is 7.71. The third kappa shape index (κ3) is 3.18. The minimum atomic E-state index is -0.574. The van der Waals surface area contributed by atoms with Crippen LogP contribution in [0.15, 0.2) is 60.9 Å². The molecule has 0 fully saturated rings. The first-order valence-corrected chi connectivity index (χ1v) is 8.77. The zero-order valence-electron chi connectivity index (χ0n) is 14.2. The Balaban J connectivity index is 1.57. The largest absolute Gasteiger partial charge is 0.480 e. The fraction of sp³-hybridized carbons (Fsp3) is 0.200. The predicted molar refractivity (Wildman–Crippen MR) is 99.2 cm³/mol. The van der Waals surface area contributed by atoms with Crippen LogP contribution in [0.1, 0.15) is 23.0 Å². The monoisotopic (exact) mass is 367 g/mol. The summed E-state index contributed by atoms with van der Waals surface area (Å²) in [4.78, 5) is 17.3. The Bertz CT molecular complexity index is 939. The van der Waals surface area contributed by atoms with Gasteiger partial charge in [0.2, 0.25) is 0 Å². The summed E-state index contributed by atoms with van der Waals surface area (Å²) in [6, 6.07) is 14.9. The fourth-order valence-electron chi connectivity index (χ4n) is 3.20. The molecular formula is C20H18ClN3O2. The number of carbonyl (C=O) groups is 1. The standard InChI is InChI=1S/C20H18ClN3O2/c1-24-10-9-22-19(24)18(13-5-3-2-4-6-13)23-20(25)17-12-14-11-15(21)7-8-16(14)26-17/h2-11,17-18H,12H2,1H3,(H,23,25). The van der Waals surface area contributed by atoms with E-state index < -0.39 is 6.10 Å². The van der Waals surface area contributed by atoms with E-state index in [1.54, 1.807) is 18.3 Å². The number of carbonyl (C=O) groups excluding carboxylic acids is 1. The molecule has 1 aliphatic rings. The van der Waals surface area contributed by atoms with E-state index in [9.17, 15) is 4.79 Å². The van der Waals surface area contributed by atoms with Gasteiger partial charge in [-0.05, 0) is 29.3 Å². The Morgan fingerprint density at radius 2 is 2.12 bits per heavy atom. The molecule has 0 saturated heterocycles. The highest BCUT2D eigenvalue weighted by Crippen LogP contribution is 2.31. The number of rotatable bonds is 4. The van der Waals surface area contributed by atoms with Gasteiger partial charge in [0, 0.05) is 30.9 Å². The number of imidazole rings is 1. The molecule has 1 N–H and O–H groups in total. The van der Waals surface area contributed by atoms with Crippen LogP contribution in [0.4, 0.5) is 0 Å². The summed E-state index contributed by atoms with van der Waals surface area (Å²) in [6.07, 6.45) is 3.52. The molecule has 2 unspecified atom stereocenters. The molecule has 2 aromatic carbocycles. The number of hydrogen-bond acceptors (Lipinski definition) is 3. The Morgan fingerprint density at radius 1 is 1.31 bits per heavy atom. The van der Waals surface area contributed by atoms with Gasteiger partial charge in [-0.15, -0.1) is 0 Å². The van der Waals surface area contributed by atoms with Crippen LogP contribution in [-0.2, 0) is 18.3 Å². The minimum Gasteiger partial charge on any atom is -0.480 e. The van der Waals surface area contributed by atoms with Gasteiger partial charge >= 0.3 is 0 Å². The van der Waals surface area contributed by atoms with Crippen molar-refractivity contribution < 1.29 is 9.53 Å². The highest BCUT2D eigenvalue weighted by molar-refractivity contribution is 6.30. The second-order valence-corrected chi connectivity index (χ2v) is 6.75. The molecule has 0 radical (unpaired) electrons. The molecule has 1 amide bonds. The van der Waals surface area contributed by atoms with Crippen LogP contribution < -0.4 is 10.1 Å². The highest BCUT2D eigenvalue weighted by atomic mass is 35.5. The number of nitrogens with one attached hydrogen (secondary N) is 1. The van der Waals surface area contributed by atoms with Crippen molar-refractivity contribution in [3.8, 4) is 5.75 Å². The maximum atomic E-state index is 12.9. The van der Waals surface area contributed by atoms with Crippen molar-refractivity contribution in [2.45, 2.75) is 18.6 Å². The normalized spacial score (nSPS) is 16.6. The molecule has 26 heavy (non-hydrogen) atoms. The Morgan fingerprint density at radius 3 is 2.85 bits per heavy atom. The van der Waals surface area contributed by atoms with Crippen molar-refractivity contribution in [3.63, 3.8) is 0 Å². The Hall–Kier alpha value is -2.79. The van der Waals surface area contributed by atoms with E-state index >= 15 is 0 Å². The zero-order valence-corrected chi connectivity index (χ0v) is 15.0. The van der Waals surface area contributed by atoms with Gasteiger partial charge in [0.25, 0.3) is 5.91 Å². The molecule has 0 saturated carbocycles. The Labute approximate surface area is 156 Å². The van der Waals surface area contributed by atoms with E-state index in [1.165, 1.54) is 0 Å². The van der Waals surface area contributed by atoms with Crippen molar-refractivity contribution in [1.82, 2.24) is 14.9 Å². The number of ether oxygens (including phenoxy) is 1. The summed E-state index contributed by atoms with van der Waals surface area (Å²) in [5.41, 5.74) is 1.92. The molecule has 1 aliphatic heterocycles. The average Bonchev–Trinajstić information content (AvgIpc) is 3.26. The van der Waals surface area contributed by atoms with E-state index in [-0.39, 0.29) is 11.9 Å². The summed E-state index contributed by atoms with van der Waals surface area (Å²) in [5.74, 6) is 1.31. The third-order valence-corrected chi connectivity index (χ3v) is 4.76. The molecule has 6 heteroatoms. The van der Waals surface area contributed by atoms with E-state index in [0.717, 1.165) is 17.0 Å². The quantitative estimate of drug-likeness (QED) is 0.769. The number of nitrogens with zero attached hydrogens (tertiary/aromatic N) is 2. The molecule has 1 aromatic heterocycles. The van der Waals surface area contributed by atoms with Crippen LogP contribution in [-0.4, -0.2) is 21.6 Å². The summed E-state index contributed by atoms with van der Waals surface area (Å²) >= 11 is 6.03. The fourth-order valence-corrected chi connectivity index (χ4v) is 3.39. The van der Waals surface area contributed by atoms with Crippen LogP contribution in [0.5, 0.6) is 5.75 Å². The molecule has 2 heterocycles. The number of aryl methyl sites for hydroxylation is 1. The molecule has 0 spiro atoms. The molecule has 2 atom stereocenters. The lowest BCUT2D eigenvalue weighted by Gasteiger charge is -2.21. The van der Waals surface area contributed by atoms with Crippen LogP contribution >= 0.6 is 11.6 Å². The first-order chi connectivity index (χ1) is 12.6. The van der Waals surface area contributed by atoms with Gasteiger partial charge < -0.3 is 14.6 Å². The van der Waals surface area contributed by atoms with E-state index in [1.807, 2.05) is 54.2 Å². The molecule has 5 nitrogen and oxygen atoms in total. The minimum absolute atomic E-state index is 0.172. The second kappa shape index (κ2) is 6.84. The number of hydrogen-bond donors (Lipinski definition) is 1. The lowest BCUT2D eigenvalue weighted by Crippen LogP contribution is -2.40. The number of benzene rings is 2. The first-order valence-electron chi connectivity index (χ1n) is 8.39. The first kappa shape index (κ1) is 16.7. The van der Waals surface area contributed by atoms with Crippen LogP contribution in [0.25, 0.3) is 0 Å². The second-order valence-electron chi connectivity index (χ2n) is 6.31. The molecule has 4 rings (SSSR count). The maximum Gasteiger partial charge on any atom is 0.262 e. The number of amides is 1. The van der Waals surface area contributed by atoms with Crippen molar-refractivity contribution in [2.24, 2.45) is 7.05 Å². The lowest BCUT2D eigenvalue weighted by molar-refractivity contribution is -0.127. The van der Waals surface area contributed by atoms with E-state index in [2.05, 4.69) is 10.3 Å². The van der Waals surface area contributed by atoms with Crippen molar-refractivity contribution in [2.75, 3.05) is 0 Å². The molecule has 132 valence electrons. The van der Waals surface area contributed by atoms with Gasteiger partial charge in [-0.2, -0.15) is 0 Å². The SMILES string of the molecule is Cn1ccnc1C(NC(=O)C1Cc2cc(Cl)ccc2O1)c1ccccc1. The predicted octanol–water partition coefficient (Wildman–Crippen LogP) is 3.28. The summed E-state index contributed by atoms with van der Waals surface area (Å²) in [7, 11) is 1.91. The van der Waals surface area contributed by atoms with Crippen LogP contribution in [0.2, 0.25) is 5.02 Å². The topological polar surface area (TPSA) is 56.2 Å². The summed E-state index contributed by atoms with van der Waals surface area (Å²) in [6.45, 7) is 0. The van der Waals surface area contributed by atoms with Gasteiger partial charge in [-0.1, -0.05) is 41.9 Å². The van der Waals surface area contributed by atoms with Gasteiger partial charge in [-0.25, -0.2) is 4.98 Å². The molecule has 3 aromatic rings. The van der Waals surface area contributed by atoms with Gasteiger partial charge in [0.1, 0.15) is 17.6 Å². The van der Waals surface area contributed by atoms with Gasteiger partial charge in [0.05, 0.1) is 0 Å². The lowest BCUT2D eigenvalue weighted by atomic mass is 10.0. The number of aromatic nitrogens is 2. The average molecular weight is 368 g/mol. The summed E-state index contributed by atoms with van der Waals surface area (Å²) in [5, 5.41) is 3.73. The smallest absolute Gasteiger partial charge is 0.262 e. The Kier molecular flexibility index (Phi) is 4.39. The van der Waals surface area contributed by atoms with Crippen LogP contribution in [0, 0.1) is 0 Å². The van der Waals surface area contributed by atoms with E-state index in [0.29, 0.717) is 17.2 Å². The zero-order chi connectivity index (χ0) is 18.1. The number of halogens is 1. The molecule has 0 bridgehead atoms. The van der Waals surface area contributed by atoms with Crippen molar-refractivity contribution >= 4 is 17.5 Å². The highest BCUT2D eigenvalue weighted by Gasteiger charge is 2.32. The molecule has 0 aliphatic carbocycles.